The minimum Gasteiger partial charge on any atom is -0.477 e. The smallest absolute Gasteiger partial charge is 0.392 e. The number of nitrogens with one attached hydrogen (secondary N) is 1. The van der Waals surface area contributed by atoms with Gasteiger partial charge < -0.3 is 14.6 Å². The number of halogens is 3. The van der Waals surface area contributed by atoms with E-state index in [0.29, 0.717) is 35.6 Å². The first-order valence-corrected chi connectivity index (χ1v) is 9.08. The third-order valence-corrected chi connectivity index (χ3v) is 4.47. The largest absolute Gasteiger partial charge is 0.477 e. The number of carbonyl (C=O) groups excluding carboxylic acids is 1. The van der Waals surface area contributed by atoms with Crippen LogP contribution in [0.5, 0.6) is 5.88 Å². The van der Waals surface area contributed by atoms with E-state index < -0.39 is 12.1 Å². The number of ether oxygens (including phenoxy) is 1. The average Bonchev–Trinajstić information content (AvgIpc) is 3.06. The van der Waals surface area contributed by atoms with Gasteiger partial charge in [-0.2, -0.15) is 13.2 Å². The van der Waals surface area contributed by atoms with Gasteiger partial charge in [-0.05, 0) is 18.4 Å². The predicted octanol–water partition coefficient (Wildman–Crippen LogP) is 2.76. The molecular weight excluding hydrogens is 375 g/mol. The Morgan fingerprint density at radius 1 is 1.36 bits per heavy atom. The molecule has 1 amide bonds. The molecule has 0 saturated carbocycles. The maximum Gasteiger partial charge on any atom is 0.392 e. The van der Waals surface area contributed by atoms with Crippen LogP contribution in [0.1, 0.15) is 42.3 Å². The summed E-state index contributed by atoms with van der Waals surface area (Å²) in [6, 6.07) is 3.22. The Balaban J connectivity index is 1.57. The molecule has 3 rings (SSSR count). The van der Waals surface area contributed by atoms with E-state index in [4.69, 9.17) is 4.74 Å². The monoisotopic (exact) mass is 397 g/mol. The van der Waals surface area contributed by atoms with E-state index in [9.17, 15) is 18.0 Å². The van der Waals surface area contributed by atoms with Gasteiger partial charge in [-0.15, -0.1) is 10.2 Å². The Morgan fingerprint density at radius 3 is 2.79 bits per heavy atom. The maximum atomic E-state index is 12.9. The molecule has 0 bridgehead atoms. The second-order valence-corrected chi connectivity index (χ2v) is 7.19. The highest BCUT2D eigenvalue weighted by atomic mass is 19.4. The highest BCUT2D eigenvalue weighted by Gasteiger charge is 2.42. The van der Waals surface area contributed by atoms with Crippen LogP contribution in [0.25, 0.3) is 0 Å². The van der Waals surface area contributed by atoms with E-state index in [2.05, 4.69) is 20.5 Å². The van der Waals surface area contributed by atoms with Crippen molar-refractivity contribution in [1.29, 1.82) is 0 Å². The predicted molar refractivity (Wildman–Crippen MR) is 93.6 cm³/mol. The van der Waals surface area contributed by atoms with E-state index in [-0.39, 0.29) is 31.8 Å². The molecule has 0 unspecified atom stereocenters. The van der Waals surface area contributed by atoms with Gasteiger partial charge in [-0.1, -0.05) is 13.8 Å². The van der Waals surface area contributed by atoms with Crippen molar-refractivity contribution in [3.05, 3.63) is 35.5 Å². The van der Waals surface area contributed by atoms with Crippen LogP contribution in [0.4, 0.5) is 13.2 Å². The minimum atomic E-state index is -4.23. The number of aromatic nitrogens is 4. The number of hydrogen-bond acceptors (Lipinski definition) is 5. The number of rotatable bonds is 6. The van der Waals surface area contributed by atoms with Crippen molar-refractivity contribution in [2.45, 2.75) is 46.0 Å². The summed E-state index contributed by atoms with van der Waals surface area (Å²) in [5, 5.41) is 10.5. The molecule has 0 fully saturated rings. The molecule has 2 aromatic heterocycles. The third kappa shape index (κ3) is 4.79. The molecule has 7 nitrogen and oxygen atoms in total. The van der Waals surface area contributed by atoms with Crippen molar-refractivity contribution in [3.63, 3.8) is 0 Å². The van der Waals surface area contributed by atoms with Gasteiger partial charge in [0.25, 0.3) is 5.91 Å². The lowest BCUT2D eigenvalue weighted by Gasteiger charge is -2.25. The number of pyridine rings is 1. The van der Waals surface area contributed by atoms with Gasteiger partial charge in [0.1, 0.15) is 5.82 Å². The van der Waals surface area contributed by atoms with Gasteiger partial charge >= 0.3 is 6.18 Å². The molecule has 1 atom stereocenters. The van der Waals surface area contributed by atoms with Crippen molar-refractivity contribution in [1.82, 2.24) is 25.1 Å². The fraction of sp³-hybridized carbons (Fsp3) is 0.556. The summed E-state index contributed by atoms with van der Waals surface area (Å²) in [6.45, 7) is 4.84. The first-order valence-electron chi connectivity index (χ1n) is 9.08. The van der Waals surface area contributed by atoms with Gasteiger partial charge in [0.05, 0.1) is 24.6 Å². The molecule has 1 aliphatic heterocycles. The normalized spacial score (nSPS) is 16.7. The van der Waals surface area contributed by atoms with Crippen LogP contribution < -0.4 is 10.1 Å². The molecule has 2 aromatic rings. The second kappa shape index (κ2) is 8.15. The number of nitrogens with zero attached hydrogens (tertiary/aromatic N) is 4. The van der Waals surface area contributed by atoms with Crippen molar-refractivity contribution >= 4 is 5.91 Å². The molecular formula is C18H22F3N5O2. The topological polar surface area (TPSA) is 81.9 Å². The van der Waals surface area contributed by atoms with Crippen LogP contribution in [0.2, 0.25) is 0 Å². The Hall–Kier alpha value is -2.65. The molecule has 10 heteroatoms. The van der Waals surface area contributed by atoms with Gasteiger partial charge in [0.2, 0.25) is 5.88 Å². The van der Waals surface area contributed by atoms with Crippen molar-refractivity contribution in [2.75, 3.05) is 6.61 Å². The van der Waals surface area contributed by atoms with E-state index >= 15 is 0 Å². The van der Waals surface area contributed by atoms with Gasteiger partial charge in [-0.3, -0.25) is 4.79 Å². The molecule has 3 heterocycles. The average molecular weight is 397 g/mol. The standard InChI is InChI=1S/C18H22F3N5O2/c1-11(2)10-28-16-4-3-12(8-22-16)17(27)23-9-15-25-24-14-7-13(18(19,20)21)5-6-26(14)15/h3-4,8,11,13H,5-7,9-10H2,1-2H3,(H,23,27)/t13-/m1/s1. The van der Waals surface area contributed by atoms with Gasteiger partial charge in [-0.25, -0.2) is 4.98 Å². The lowest BCUT2D eigenvalue weighted by molar-refractivity contribution is -0.179. The molecule has 28 heavy (non-hydrogen) atoms. The first kappa shape index (κ1) is 20.1. The van der Waals surface area contributed by atoms with Crippen molar-refractivity contribution in [2.24, 2.45) is 11.8 Å². The fourth-order valence-corrected chi connectivity index (χ4v) is 2.91. The summed E-state index contributed by atoms with van der Waals surface area (Å²) >= 11 is 0. The second-order valence-electron chi connectivity index (χ2n) is 7.19. The summed E-state index contributed by atoms with van der Waals surface area (Å²) in [5.74, 6) is -0.209. The molecule has 0 spiro atoms. The van der Waals surface area contributed by atoms with Gasteiger partial charge in [0, 0.05) is 25.2 Å². The number of hydrogen-bond donors (Lipinski definition) is 1. The highest BCUT2D eigenvalue weighted by molar-refractivity contribution is 5.93. The number of alkyl halides is 3. The Bertz CT molecular complexity index is 818. The van der Waals surface area contributed by atoms with Crippen LogP contribution in [-0.2, 0) is 19.5 Å². The molecule has 0 radical (unpaired) electrons. The van der Waals surface area contributed by atoms with E-state index in [1.807, 2.05) is 13.8 Å². The van der Waals surface area contributed by atoms with Crippen molar-refractivity contribution in [3.8, 4) is 5.88 Å². The quantitative estimate of drug-likeness (QED) is 0.811. The highest BCUT2D eigenvalue weighted by Crippen LogP contribution is 2.34. The van der Waals surface area contributed by atoms with Gasteiger partial charge in [0.15, 0.2) is 5.82 Å². The Morgan fingerprint density at radius 2 is 2.14 bits per heavy atom. The van der Waals surface area contributed by atoms with Crippen molar-refractivity contribution < 1.29 is 22.7 Å². The van der Waals surface area contributed by atoms with Crippen LogP contribution in [-0.4, -0.2) is 38.4 Å². The van der Waals surface area contributed by atoms with E-state index in [1.54, 1.807) is 16.7 Å². The maximum absolute atomic E-state index is 12.9. The Kier molecular flexibility index (Phi) is 5.85. The molecule has 0 aromatic carbocycles. The summed E-state index contributed by atoms with van der Waals surface area (Å²) in [7, 11) is 0. The number of carbonyl (C=O) groups is 1. The number of amides is 1. The SMILES string of the molecule is CC(C)COc1ccc(C(=O)NCc2nnc3n2CC[C@@H](C(F)(F)F)C3)cn1. The molecule has 1 aliphatic rings. The van der Waals surface area contributed by atoms with Crippen LogP contribution in [0, 0.1) is 11.8 Å². The fourth-order valence-electron chi connectivity index (χ4n) is 2.91. The zero-order valence-electron chi connectivity index (χ0n) is 15.7. The molecule has 0 saturated heterocycles. The summed E-state index contributed by atoms with van der Waals surface area (Å²) in [4.78, 5) is 16.4. The zero-order valence-corrected chi connectivity index (χ0v) is 15.7. The summed E-state index contributed by atoms with van der Waals surface area (Å²) in [6.07, 6.45) is -3.02. The summed E-state index contributed by atoms with van der Waals surface area (Å²) in [5.41, 5.74) is 0.354. The lowest BCUT2D eigenvalue weighted by Crippen LogP contribution is -2.32. The first-order chi connectivity index (χ1) is 13.2. The van der Waals surface area contributed by atoms with E-state index in [0.717, 1.165) is 0 Å². The third-order valence-electron chi connectivity index (χ3n) is 4.47. The van der Waals surface area contributed by atoms with Crippen LogP contribution in [0.3, 0.4) is 0 Å². The lowest BCUT2D eigenvalue weighted by atomic mass is 9.97. The van der Waals surface area contributed by atoms with Crippen LogP contribution >= 0.6 is 0 Å². The minimum absolute atomic E-state index is 0.0166. The molecule has 0 aliphatic carbocycles. The Labute approximate surface area is 160 Å². The van der Waals surface area contributed by atoms with Crippen LogP contribution in [0.15, 0.2) is 18.3 Å². The summed E-state index contributed by atoms with van der Waals surface area (Å²) < 4.78 is 45.7. The molecule has 1 N–H and O–H groups in total. The van der Waals surface area contributed by atoms with E-state index in [1.165, 1.54) is 6.20 Å². The molecule has 152 valence electrons. The number of fused-ring (bicyclic) bond motifs is 1. The zero-order chi connectivity index (χ0) is 20.3.